The van der Waals surface area contributed by atoms with Crippen LogP contribution < -0.4 is 5.32 Å². The first-order valence-electron chi connectivity index (χ1n) is 9.22. The first-order chi connectivity index (χ1) is 13.5. The Balaban J connectivity index is 1.55. The molecule has 3 aromatic rings. The van der Waals surface area contributed by atoms with Crippen LogP contribution in [-0.2, 0) is 4.79 Å². The number of likely N-dealkylation sites (N-methyl/N-ethyl adjacent to an activating group) is 1. The van der Waals surface area contributed by atoms with Gasteiger partial charge in [0.1, 0.15) is 0 Å². The summed E-state index contributed by atoms with van der Waals surface area (Å²) in [7, 11) is 1.63. The highest BCUT2D eigenvalue weighted by atomic mass is 35.5. The van der Waals surface area contributed by atoms with E-state index in [1.807, 2.05) is 30.3 Å². The van der Waals surface area contributed by atoms with Gasteiger partial charge in [-0.3, -0.25) is 14.6 Å². The maximum absolute atomic E-state index is 13.1. The molecule has 6 heteroatoms. The lowest BCUT2D eigenvalue weighted by atomic mass is 10.0. The highest BCUT2D eigenvalue weighted by Crippen LogP contribution is 2.40. The number of anilines is 1. The molecule has 1 aliphatic rings. The van der Waals surface area contributed by atoms with Crippen LogP contribution in [0.15, 0.2) is 54.6 Å². The Morgan fingerprint density at radius 1 is 1.14 bits per heavy atom. The predicted molar refractivity (Wildman–Crippen MR) is 111 cm³/mol. The molecular formula is C22H20ClN3O2. The molecule has 0 unspecified atom stereocenters. The number of hydrogen-bond acceptors (Lipinski definition) is 3. The molecule has 1 saturated carbocycles. The van der Waals surface area contributed by atoms with Gasteiger partial charge in [-0.25, -0.2) is 0 Å². The van der Waals surface area contributed by atoms with E-state index in [0.717, 1.165) is 29.4 Å². The second-order valence-electron chi connectivity index (χ2n) is 7.08. The zero-order chi connectivity index (χ0) is 19.7. The number of amides is 2. The lowest BCUT2D eigenvalue weighted by Crippen LogP contribution is -2.35. The number of nitrogens with one attached hydrogen (secondary N) is 1. The lowest BCUT2D eigenvalue weighted by molar-refractivity contribution is -0.116. The monoisotopic (exact) mass is 393 g/mol. The molecule has 1 N–H and O–H groups in total. The number of hydrogen-bond donors (Lipinski definition) is 1. The van der Waals surface area contributed by atoms with Crippen molar-refractivity contribution in [1.29, 1.82) is 0 Å². The van der Waals surface area contributed by atoms with Crippen LogP contribution in [0.2, 0.25) is 5.02 Å². The van der Waals surface area contributed by atoms with Crippen LogP contribution in [-0.4, -0.2) is 35.3 Å². The largest absolute Gasteiger partial charge is 0.332 e. The Kier molecular flexibility index (Phi) is 5.01. The summed E-state index contributed by atoms with van der Waals surface area (Å²) in [6, 6.07) is 16.5. The van der Waals surface area contributed by atoms with Gasteiger partial charge in [0.05, 0.1) is 28.3 Å². The van der Waals surface area contributed by atoms with Crippen LogP contribution >= 0.6 is 11.6 Å². The number of halogens is 1. The van der Waals surface area contributed by atoms with Gasteiger partial charge < -0.3 is 10.2 Å². The summed E-state index contributed by atoms with van der Waals surface area (Å²) < 4.78 is 0. The van der Waals surface area contributed by atoms with Crippen LogP contribution in [0.25, 0.3) is 10.9 Å². The maximum Gasteiger partial charge on any atom is 0.254 e. The van der Waals surface area contributed by atoms with Gasteiger partial charge in [-0.05, 0) is 37.1 Å². The summed E-state index contributed by atoms with van der Waals surface area (Å²) in [5.41, 5.74) is 2.88. The molecule has 0 spiro atoms. The molecule has 0 bridgehead atoms. The molecule has 0 atom stereocenters. The number of fused-ring (bicyclic) bond motifs is 1. The number of benzene rings is 2. The van der Waals surface area contributed by atoms with E-state index >= 15 is 0 Å². The Morgan fingerprint density at radius 2 is 1.86 bits per heavy atom. The van der Waals surface area contributed by atoms with E-state index in [2.05, 4.69) is 5.32 Å². The van der Waals surface area contributed by atoms with Crippen molar-refractivity contribution in [2.75, 3.05) is 18.9 Å². The molecule has 142 valence electrons. The van der Waals surface area contributed by atoms with E-state index in [0.29, 0.717) is 22.2 Å². The summed E-state index contributed by atoms with van der Waals surface area (Å²) in [4.78, 5) is 31.6. The average molecular weight is 394 g/mol. The maximum atomic E-state index is 13.1. The van der Waals surface area contributed by atoms with Crippen molar-refractivity contribution >= 4 is 40.0 Å². The third-order valence-corrected chi connectivity index (χ3v) is 5.17. The molecule has 0 saturated heterocycles. The molecule has 1 aliphatic carbocycles. The number of nitrogens with zero attached hydrogens (tertiary/aromatic N) is 2. The Hall–Kier alpha value is -2.92. The normalized spacial score (nSPS) is 13.4. The van der Waals surface area contributed by atoms with E-state index in [1.165, 1.54) is 4.90 Å². The van der Waals surface area contributed by atoms with Crippen molar-refractivity contribution in [3.8, 4) is 0 Å². The first-order valence-corrected chi connectivity index (χ1v) is 9.60. The minimum Gasteiger partial charge on any atom is -0.332 e. The van der Waals surface area contributed by atoms with Gasteiger partial charge in [0.25, 0.3) is 5.91 Å². The van der Waals surface area contributed by atoms with Gasteiger partial charge >= 0.3 is 0 Å². The fourth-order valence-electron chi connectivity index (χ4n) is 3.21. The predicted octanol–water partition coefficient (Wildman–Crippen LogP) is 4.48. The van der Waals surface area contributed by atoms with E-state index in [4.69, 9.17) is 16.6 Å². The molecular weight excluding hydrogens is 374 g/mol. The third-order valence-electron chi connectivity index (χ3n) is 4.84. The quantitative estimate of drug-likeness (QED) is 0.695. The fraction of sp³-hybridized carbons (Fsp3) is 0.227. The minimum absolute atomic E-state index is 0.0700. The van der Waals surface area contributed by atoms with Crippen molar-refractivity contribution in [2.45, 2.75) is 18.8 Å². The molecule has 2 aromatic carbocycles. The molecule has 4 rings (SSSR count). The van der Waals surface area contributed by atoms with Crippen molar-refractivity contribution in [1.82, 2.24) is 9.88 Å². The molecule has 1 fully saturated rings. The summed E-state index contributed by atoms with van der Waals surface area (Å²) in [6.07, 6.45) is 2.21. The van der Waals surface area contributed by atoms with Gasteiger partial charge in [-0.2, -0.15) is 0 Å². The number of pyridine rings is 1. The Labute approximate surface area is 168 Å². The summed E-state index contributed by atoms with van der Waals surface area (Å²) in [5, 5.41) is 4.01. The lowest BCUT2D eigenvalue weighted by Gasteiger charge is -2.19. The van der Waals surface area contributed by atoms with Gasteiger partial charge in [0.2, 0.25) is 5.91 Å². The van der Waals surface area contributed by atoms with Crippen LogP contribution in [0, 0.1) is 0 Å². The fourth-order valence-corrected chi connectivity index (χ4v) is 3.39. The summed E-state index contributed by atoms with van der Waals surface area (Å²) in [6.45, 7) is -0.0700. The zero-order valence-corrected chi connectivity index (χ0v) is 16.2. The second-order valence-corrected chi connectivity index (χ2v) is 7.48. The topological polar surface area (TPSA) is 62.3 Å². The van der Waals surface area contributed by atoms with Crippen LogP contribution in [0.5, 0.6) is 0 Å². The van der Waals surface area contributed by atoms with Crippen molar-refractivity contribution < 1.29 is 9.59 Å². The van der Waals surface area contributed by atoms with E-state index in [9.17, 15) is 9.59 Å². The van der Waals surface area contributed by atoms with Crippen LogP contribution in [0.4, 0.5) is 5.69 Å². The molecule has 5 nitrogen and oxygen atoms in total. The highest BCUT2D eigenvalue weighted by Gasteiger charge is 2.27. The standard InChI is InChI=1S/C22H20ClN3O2/c1-26(13-21(27)25-19-9-5-3-7-17(19)23)22(28)16-12-20(14-10-11-14)24-18-8-4-2-6-15(16)18/h2-9,12,14H,10-11,13H2,1H3,(H,25,27). The van der Waals surface area contributed by atoms with Gasteiger partial charge in [-0.15, -0.1) is 0 Å². The molecule has 0 radical (unpaired) electrons. The summed E-state index contributed by atoms with van der Waals surface area (Å²) in [5.74, 6) is -0.0653. The molecule has 28 heavy (non-hydrogen) atoms. The third kappa shape index (κ3) is 3.85. The van der Waals surface area contributed by atoms with Gasteiger partial charge in [0.15, 0.2) is 0 Å². The van der Waals surface area contributed by atoms with Crippen molar-refractivity contribution in [3.63, 3.8) is 0 Å². The first kappa shape index (κ1) is 18.4. The average Bonchev–Trinajstić information content (AvgIpc) is 3.53. The van der Waals surface area contributed by atoms with Crippen LogP contribution in [0.3, 0.4) is 0 Å². The molecule has 1 heterocycles. The number of aromatic nitrogens is 1. The highest BCUT2D eigenvalue weighted by molar-refractivity contribution is 6.33. The van der Waals surface area contributed by atoms with E-state index in [-0.39, 0.29) is 18.4 Å². The van der Waals surface area contributed by atoms with Crippen molar-refractivity contribution in [2.24, 2.45) is 0 Å². The van der Waals surface area contributed by atoms with E-state index < -0.39 is 0 Å². The van der Waals surface area contributed by atoms with E-state index in [1.54, 1.807) is 31.3 Å². The zero-order valence-electron chi connectivity index (χ0n) is 15.5. The summed E-state index contributed by atoms with van der Waals surface area (Å²) >= 11 is 6.08. The number of carbonyl (C=O) groups excluding carboxylic acids is 2. The Bertz CT molecular complexity index is 1060. The van der Waals surface area contributed by atoms with Gasteiger partial charge in [0, 0.05) is 24.0 Å². The molecule has 2 amide bonds. The van der Waals surface area contributed by atoms with Gasteiger partial charge in [-0.1, -0.05) is 41.9 Å². The van der Waals surface area contributed by atoms with Crippen LogP contribution in [0.1, 0.15) is 34.8 Å². The molecule has 0 aliphatic heterocycles. The number of para-hydroxylation sites is 2. The van der Waals surface area contributed by atoms with Crippen molar-refractivity contribution in [3.05, 3.63) is 70.9 Å². The number of carbonyl (C=O) groups is 2. The Morgan fingerprint density at radius 3 is 2.61 bits per heavy atom. The SMILES string of the molecule is CN(CC(=O)Nc1ccccc1Cl)C(=O)c1cc(C2CC2)nc2ccccc12. The number of rotatable bonds is 5. The smallest absolute Gasteiger partial charge is 0.254 e. The molecule has 1 aromatic heterocycles. The minimum atomic E-state index is -0.301. The second kappa shape index (κ2) is 7.60.